The lowest BCUT2D eigenvalue weighted by atomic mass is 9.78. The summed E-state index contributed by atoms with van der Waals surface area (Å²) in [5, 5.41) is 10.5. The highest BCUT2D eigenvalue weighted by atomic mass is 16.3. The van der Waals surface area contributed by atoms with Gasteiger partial charge in [0, 0.05) is 12.5 Å². The van der Waals surface area contributed by atoms with Crippen molar-refractivity contribution in [2.75, 3.05) is 0 Å². The zero-order valence-electron chi connectivity index (χ0n) is 9.95. The molecule has 0 unspecified atom stereocenters. The second-order valence-electron chi connectivity index (χ2n) is 5.23. The van der Waals surface area contributed by atoms with Crippen molar-refractivity contribution in [2.45, 2.75) is 50.7 Å². The van der Waals surface area contributed by atoms with Gasteiger partial charge in [-0.25, -0.2) is 0 Å². The highest BCUT2D eigenvalue weighted by molar-refractivity contribution is 5.23. The molecular formula is C14H21NO. The topological polar surface area (TPSA) is 46.2 Å². The Morgan fingerprint density at radius 1 is 1.38 bits per heavy atom. The van der Waals surface area contributed by atoms with Gasteiger partial charge >= 0.3 is 0 Å². The molecule has 0 aromatic heterocycles. The first-order valence-corrected chi connectivity index (χ1v) is 6.11. The highest BCUT2D eigenvalue weighted by Crippen LogP contribution is 2.30. The Hall–Kier alpha value is -0.860. The van der Waals surface area contributed by atoms with Gasteiger partial charge in [-0.2, -0.15) is 0 Å². The summed E-state index contributed by atoms with van der Waals surface area (Å²) in [6.07, 6.45) is 4.33. The van der Waals surface area contributed by atoms with Crippen LogP contribution in [0.5, 0.6) is 0 Å². The maximum absolute atomic E-state index is 10.5. The number of hydrogen-bond donors (Lipinski definition) is 2. The van der Waals surface area contributed by atoms with Crippen LogP contribution in [-0.4, -0.2) is 16.7 Å². The van der Waals surface area contributed by atoms with Gasteiger partial charge in [0.2, 0.25) is 0 Å². The molecule has 0 spiro atoms. The van der Waals surface area contributed by atoms with Gasteiger partial charge in [0.1, 0.15) is 0 Å². The van der Waals surface area contributed by atoms with E-state index in [1.165, 1.54) is 11.1 Å². The van der Waals surface area contributed by atoms with Crippen LogP contribution in [-0.2, 0) is 6.42 Å². The third-order valence-corrected chi connectivity index (χ3v) is 3.58. The predicted molar refractivity (Wildman–Crippen MR) is 66.3 cm³/mol. The summed E-state index contributed by atoms with van der Waals surface area (Å²) in [5.41, 5.74) is 7.83. The number of nitrogens with two attached hydrogens (primary N) is 1. The molecule has 0 heterocycles. The van der Waals surface area contributed by atoms with Gasteiger partial charge in [-0.05, 0) is 38.2 Å². The quantitative estimate of drug-likeness (QED) is 0.800. The van der Waals surface area contributed by atoms with E-state index in [9.17, 15) is 5.11 Å². The summed E-state index contributed by atoms with van der Waals surface area (Å²) in [6.45, 7) is 2.09. The monoisotopic (exact) mass is 219 g/mol. The smallest absolute Gasteiger partial charge is 0.0689 e. The minimum atomic E-state index is -0.524. The minimum Gasteiger partial charge on any atom is -0.390 e. The molecule has 3 N–H and O–H groups in total. The number of aliphatic hydroxyl groups is 1. The van der Waals surface area contributed by atoms with Crippen molar-refractivity contribution in [2.24, 2.45) is 5.73 Å². The van der Waals surface area contributed by atoms with Crippen LogP contribution >= 0.6 is 0 Å². The Kier molecular flexibility index (Phi) is 3.31. The first-order valence-electron chi connectivity index (χ1n) is 6.11. The van der Waals surface area contributed by atoms with Crippen molar-refractivity contribution in [3.05, 3.63) is 35.4 Å². The van der Waals surface area contributed by atoms with E-state index in [0.29, 0.717) is 0 Å². The Labute approximate surface area is 97.5 Å². The third kappa shape index (κ3) is 2.83. The SMILES string of the molecule is Cc1cccc(CC2(O)CCC(N)CC2)c1. The minimum absolute atomic E-state index is 0.290. The fourth-order valence-corrected chi connectivity index (χ4v) is 2.56. The lowest BCUT2D eigenvalue weighted by Crippen LogP contribution is -2.40. The van der Waals surface area contributed by atoms with Gasteiger partial charge in [-0.15, -0.1) is 0 Å². The first kappa shape index (κ1) is 11.6. The predicted octanol–water partition coefficient (Wildman–Crippen LogP) is 2.17. The van der Waals surface area contributed by atoms with E-state index < -0.39 is 5.60 Å². The summed E-state index contributed by atoms with van der Waals surface area (Å²) in [5.74, 6) is 0. The summed E-state index contributed by atoms with van der Waals surface area (Å²) in [7, 11) is 0. The number of benzene rings is 1. The Balaban J connectivity index is 2.03. The molecule has 0 bridgehead atoms. The molecule has 1 aliphatic rings. The standard InChI is InChI=1S/C14H21NO/c1-11-3-2-4-12(9-11)10-14(16)7-5-13(15)6-8-14/h2-4,9,13,16H,5-8,10,15H2,1H3. The zero-order valence-corrected chi connectivity index (χ0v) is 9.95. The Bertz CT molecular complexity index is 354. The molecular weight excluding hydrogens is 198 g/mol. The maximum atomic E-state index is 10.5. The molecule has 1 saturated carbocycles. The summed E-state index contributed by atoms with van der Waals surface area (Å²) in [6, 6.07) is 8.69. The average Bonchev–Trinajstić information content (AvgIpc) is 2.23. The number of rotatable bonds is 2. The van der Waals surface area contributed by atoms with Crippen molar-refractivity contribution < 1.29 is 5.11 Å². The lowest BCUT2D eigenvalue weighted by molar-refractivity contribution is 0.000211. The van der Waals surface area contributed by atoms with Crippen LogP contribution in [0, 0.1) is 6.92 Å². The number of hydrogen-bond acceptors (Lipinski definition) is 2. The second-order valence-corrected chi connectivity index (χ2v) is 5.23. The van der Waals surface area contributed by atoms with E-state index >= 15 is 0 Å². The summed E-state index contributed by atoms with van der Waals surface area (Å²) < 4.78 is 0. The molecule has 0 radical (unpaired) electrons. The van der Waals surface area contributed by atoms with Crippen LogP contribution in [0.15, 0.2) is 24.3 Å². The summed E-state index contributed by atoms with van der Waals surface area (Å²) in [4.78, 5) is 0. The molecule has 16 heavy (non-hydrogen) atoms. The fraction of sp³-hybridized carbons (Fsp3) is 0.571. The van der Waals surface area contributed by atoms with Gasteiger partial charge in [-0.1, -0.05) is 29.8 Å². The molecule has 1 aromatic rings. The van der Waals surface area contributed by atoms with Crippen LogP contribution < -0.4 is 5.73 Å². The van der Waals surface area contributed by atoms with Crippen LogP contribution in [0.2, 0.25) is 0 Å². The van der Waals surface area contributed by atoms with Gasteiger partial charge in [0.25, 0.3) is 0 Å². The van der Waals surface area contributed by atoms with E-state index in [2.05, 4.69) is 31.2 Å². The Morgan fingerprint density at radius 2 is 2.06 bits per heavy atom. The van der Waals surface area contributed by atoms with Crippen molar-refractivity contribution in [1.82, 2.24) is 0 Å². The molecule has 0 amide bonds. The average molecular weight is 219 g/mol. The summed E-state index contributed by atoms with van der Waals surface area (Å²) >= 11 is 0. The lowest BCUT2D eigenvalue weighted by Gasteiger charge is -2.35. The normalized spacial score (nSPS) is 30.3. The van der Waals surface area contributed by atoms with Crippen molar-refractivity contribution in [1.29, 1.82) is 0 Å². The van der Waals surface area contributed by atoms with Crippen LogP contribution in [0.25, 0.3) is 0 Å². The van der Waals surface area contributed by atoms with Crippen LogP contribution in [0.3, 0.4) is 0 Å². The van der Waals surface area contributed by atoms with Gasteiger partial charge < -0.3 is 10.8 Å². The van der Waals surface area contributed by atoms with Gasteiger partial charge in [-0.3, -0.25) is 0 Å². The molecule has 1 aromatic carbocycles. The molecule has 0 saturated heterocycles. The molecule has 0 aliphatic heterocycles. The van der Waals surface area contributed by atoms with E-state index in [1.54, 1.807) is 0 Å². The van der Waals surface area contributed by atoms with Crippen molar-refractivity contribution >= 4 is 0 Å². The van der Waals surface area contributed by atoms with Crippen LogP contribution in [0.4, 0.5) is 0 Å². The molecule has 2 nitrogen and oxygen atoms in total. The van der Waals surface area contributed by atoms with Crippen molar-refractivity contribution in [3.8, 4) is 0 Å². The second kappa shape index (κ2) is 4.56. The van der Waals surface area contributed by atoms with E-state index in [4.69, 9.17) is 5.73 Å². The molecule has 2 heteroatoms. The van der Waals surface area contributed by atoms with E-state index in [0.717, 1.165) is 32.1 Å². The van der Waals surface area contributed by atoms with Crippen molar-refractivity contribution in [3.63, 3.8) is 0 Å². The first-order chi connectivity index (χ1) is 7.57. The van der Waals surface area contributed by atoms with Gasteiger partial charge in [0.15, 0.2) is 0 Å². The number of aryl methyl sites for hydroxylation is 1. The molecule has 2 rings (SSSR count). The molecule has 88 valence electrons. The van der Waals surface area contributed by atoms with E-state index in [1.807, 2.05) is 0 Å². The molecule has 1 fully saturated rings. The Morgan fingerprint density at radius 3 is 2.69 bits per heavy atom. The zero-order chi connectivity index (χ0) is 11.6. The van der Waals surface area contributed by atoms with Crippen LogP contribution in [0.1, 0.15) is 36.8 Å². The third-order valence-electron chi connectivity index (χ3n) is 3.58. The molecule has 1 aliphatic carbocycles. The molecule has 0 atom stereocenters. The fourth-order valence-electron chi connectivity index (χ4n) is 2.56. The highest BCUT2D eigenvalue weighted by Gasteiger charge is 2.31. The largest absolute Gasteiger partial charge is 0.390 e. The van der Waals surface area contributed by atoms with E-state index in [-0.39, 0.29) is 6.04 Å². The maximum Gasteiger partial charge on any atom is 0.0689 e. The van der Waals surface area contributed by atoms with Gasteiger partial charge in [0.05, 0.1) is 5.60 Å².